The molecule has 0 heterocycles. The molecule has 0 saturated carbocycles. The van der Waals surface area contributed by atoms with Crippen molar-refractivity contribution in [3.63, 3.8) is 0 Å². The topological polar surface area (TPSA) is 0 Å². The summed E-state index contributed by atoms with van der Waals surface area (Å²) in [6, 6.07) is 0. The fourth-order valence-corrected chi connectivity index (χ4v) is 3.13. The minimum Gasteiger partial charge on any atom is -0.0617 e. The van der Waals surface area contributed by atoms with Crippen LogP contribution in [0.4, 0.5) is 0 Å². The van der Waals surface area contributed by atoms with Crippen LogP contribution in [0.1, 0.15) is 0 Å². The Hall–Kier alpha value is -1.82. The SMILES string of the molecule is C1=CC2=CC=C3C=CC=C4C=CC(=C1)C2C43. The molecule has 76 valence electrons. The average Bonchev–Trinajstić information content (AvgIpc) is 2.36. The van der Waals surface area contributed by atoms with Gasteiger partial charge in [-0.3, -0.25) is 0 Å². The highest BCUT2D eigenvalue weighted by Gasteiger charge is 2.36. The molecule has 4 aliphatic carbocycles. The lowest BCUT2D eigenvalue weighted by atomic mass is 9.65. The maximum atomic E-state index is 2.27. The molecule has 0 spiro atoms. The van der Waals surface area contributed by atoms with E-state index < -0.39 is 0 Å². The molecule has 0 radical (unpaired) electrons. The van der Waals surface area contributed by atoms with Crippen LogP contribution in [0.3, 0.4) is 0 Å². The van der Waals surface area contributed by atoms with E-state index in [1.807, 2.05) is 0 Å². The van der Waals surface area contributed by atoms with E-state index in [1.165, 1.54) is 22.3 Å². The van der Waals surface area contributed by atoms with Gasteiger partial charge in [0.2, 0.25) is 0 Å². The summed E-state index contributed by atoms with van der Waals surface area (Å²) in [5, 5.41) is 0. The van der Waals surface area contributed by atoms with Gasteiger partial charge < -0.3 is 0 Å². The first-order valence-corrected chi connectivity index (χ1v) is 5.80. The Morgan fingerprint density at radius 1 is 0.500 bits per heavy atom. The van der Waals surface area contributed by atoms with Crippen molar-refractivity contribution in [2.24, 2.45) is 11.8 Å². The van der Waals surface area contributed by atoms with Crippen molar-refractivity contribution in [3.05, 3.63) is 83.1 Å². The predicted octanol–water partition coefficient (Wildman–Crippen LogP) is 3.65. The molecule has 0 amide bonds. The van der Waals surface area contributed by atoms with Crippen LogP contribution in [-0.4, -0.2) is 0 Å². The fraction of sp³-hybridized carbons (Fsp3) is 0.125. The van der Waals surface area contributed by atoms with Crippen molar-refractivity contribution in [2.75, 3.05) is 0 Å². The molecule has 0 aromatic carbocycles. The van der Waals surface area contributed by atoms with Crippen LogP contribution in [0.25, 0.3) is 0 Å². The third-order valence-corrected chi connectivity index (χ3v) is 3.86. The normalized spacial score (nSPS) is 32.5. The Labute approximate surface area is 95.4 Å². The molecular weight excluding hydrogens is 192 g/mol. The van der Waals surface area contributed by atoms with E-state index in [-0.39, 0.29) is 0 Å². The van der Waals surface area contributed by atoms with Crippen LogP contribution < -0.4 is 0 Å². The summed E-state index contributed by atoms with van der Waals surface area (Å²) in [4.78, 5) is 0. The quantitative estimate of drug-likeness (QED) is 0.565. The number of allylic oxidation sites excluding steroid dienone is 14. The zero-order valence-electron chi connectivity index (χ0n) is 8.93. The van der Waals surface area contributed by atoms with E-state index in [4.69, 9.17) is 0 Å². The van der Waals surface area contributed by atoms with E-state index >= 15 is 0 Å². The summed E-state index contributed by atoms with van der Waals surface area (Å²) in [5.74, 6) is 1.12. The van der Waals surface area contributed by atoms with Gasteiger partial charge in [-0.25, -0.2) is 0 Å². The Kier molecular flexibility index (Phi) is 1.49. The van der Waals surface area contributed by atoms with Gasteiger partial charge in [-0.1, -0.05) is 60.8 Å². The zero-order chi connectivity index (χ0) is 10.5. The van der Waals surface area contributed by atoms with E-state index in [1.54, 1.807) is 0 Å². The zero-order valence-corrected chi connectivity index (χ0v) is 8.93. The van der Waals surface area contributed by atoms with Crippen LogP contribution in [0.2, 0.25) is 0 Å². The molecule has 0 N–H and O–H groups in total. The van der Waals surface area contributed by atoms with Gasteiger partial charge in [0.1, 0.15) is 0 Å². The molecule has 0 nitrogen and oxygen atoms in total. The summed E-state index contributed by atoms with van der Waals surface area (Å²) >= 11 is 0. The largest absolute Gasteiger partial charge is 0.0617 e. The van der Waals surface area contributed by atoms with Crippen molar-refractivity contribution in [3.8, 4) is 0 Å². The molecule has 0 aliphatic heterocycles. The molecule has 16 heavy (non-hydrogen) atoms. The molecule has 0 saturated heterocycles. The summed E-state index contributed by atoms with van der Waals surface area (Å²) < 4.78 is 0. The second-order valence-electron chi connectivity index (χ2n) is 4.67. The van der Waals surface area contributed by atoms with Gasteiger partial charge >= 0.3 is 0 Å². The maximum Gasteiger partial charge on any atom is 0.0199 e. The average molecular weight is 204 g/mol. The lowest BCUT2D eigenvalue weighted by Gasteiger charge is -2.39. The predicted molar refractivity (Wildman–Crippen MR) is 66.7 cm³/mol. The van der Waals surface area contributed by atoms with Crippen molar-refractivity contribution < 1.29 is 0 Å². The lowest BCUT2D eigenvalue weighted by molar-refractivity contribution is 0.564. The molecule has 0 aromatic rings. The summed E-state index contributed by atoms with van der Waals surface area (Å²) in [7, 11) is 0. The fourth-order valence-electron chi connectivity index (χ4n) is 3.13. The third-order valence-electron chi connectivity index (χ3n) is 3.86. The maximum absolute atomic E-state index is 2.27. The van der Waals surface area contributed by atoms with Crippen molar-refractivity contribution in [1.82, 2.24) is 0 Å². The van der Waals surface area contributed by atoms with Gasteiger partial charge in [0.25, 0.3) is 0 Å². The van der Waals surface area contributed by atoms with Gasteiger partial charge in [0, 0.05) is 11.8 Å². The number of rotatable bonds is 0. The first kappa shape index (κ1) is 8.35. The molecule has 0 bridgehead atoms. The minimum absolute atomic E-state index is 0.561. The third kappa shape index (κ3) is 0.943. The van der Waals surface area contributed by atoms with Crippen LogP contribution >= 0.6 is 0 Å². The van der Waals surface area contributed by atoms with Crippen molar-refractivity contribution in [2.45, 2.75) is 0 Å². The molecular formula is C16H12. The van der Waals surface area contributed by atoms with E-state index in [9.17, 15) is 0 Å². The molecule has 2 atom stereocenters. The van der Waals surface area contributed by atoms with E-state index in [2.05, 4.69) is 60.8 Å². The van der Waals surface area contributed by atoms with E-state index in [0.29, 0.717) is 11.8 Å². The number of hydrogen-bond acceptors (Lipinski definition) is 0. The smallest absolute Gasteiger partial charge is 0.0199 e. The van der Waals surface area contributed by atoms with Crippen molar-refractivity contribution >= 4 is 0 Å². The summed E-state index contributed by atoms with van der Waals surface area (Å²) in [6.07, 6.45) is 22.4. The monoisotopic (exact) mass is 204 g/mol. The van der Waals surface area contributed by atoms with Crippen LogP contribution in [0.15, 0.2) is 83.1 Å². The summed E-state index contributed by atoms with van der Waals surface area (Å²) in [5.41, 5.74) is 5.82. The Morgan fingerprint density at radius 3 is 1.44 bits per heavy atom. The first-order valence-electron chi connectivity index (χ1n) is 5.80. The van der Waals surface area contributed by atoms with Crippen LogP contribution in [-0.2, 0) is 0 Å². The molecule has 4 aliphatic rings. The van der Waals surface area contributed by atoms with E-state index in [0.717, 1.165) is 0 Å². The Bertz CT molecular complexity index is 519. The highest BCUT2D eigenvalue weighted by molar-refractivity contribution is 5.59. The lowest BCUT2D eigenvalue weighted by Crippen LogP contribution is -2.28. The van der Waals surface area contributed by atoms with Crippen molar-refractivity contribution in [1.29, 1.82) is 0 Å². The van der Waals surface area contributed by atoms with Gasteiger partial charge in [-0.15, -0.1) is 0 Å². The summed E-state index contributed by atoms with van der Waals surface area (Å²) in [6.45, 7) is 0. The van der Waals surface area contributed by atoms with Gasteiger partial charge in [0.05, 0.1) is 0 Å². The van der Waals surface area contributed by atoms with Gasteiger partial charge in [-0.2, -0.15) is 0 Å². The number of hydrogen-bond donors (Lipinski definition) is 0. The minimum atomic E-state index is 0.561. The Balaban J connectivity index is 2.02. The molecule has 0 heteroatoms. The second kappa shape index (κ2) is 2.85. The molecule has 4 rings (SSSR count). The standard InChI is InChI=1S/C16H12/c1-3-11-7-9-13-5-2-6-14-10-8-12(4-1)15(11)16(13)14/h1-10,15-16H. The van der Waals surface area contributed by atoms with Gasteiger partial charge in [-0.05, 0) is 22.3 Å². The van der Waals surface area contributed by atoms with Crippen LogP contribution in [0.5, 0.6) is 0 Å². The molecule has 0 fully saturated rings. The molecule has 2 unspecified atom stereocenters. The first-order chi connectivity index (χ1) is 7.93. The highest BCUT2D eigenvalue weighted by Crippen LogP contribution is 2.47. The Morgan fingerprint density at radius 2 is 0.938 bits per heavy atom. The molecule has 0 aromatic heterocycles. The highest BCUT2D eigenvalue weighted by atomic mass is 14.4. The van der Waals surface area contributed by atoms with Gasteiger partial charge in [0.15, 0.2) is 0 Å². The second-order valence-corrected chi connectivity index (χ2v) is 4.67. The van der Waals surface area contributed by atoms with Crippen LogP contribution in [0, 0.1) is 11.8 Å².